The van der Waals surface area contributed by atoms with E-state index in [1.807, 2.05) is 72.8 Å². The van der Waals surface area contributed by atoms with E-state index in [9.17, 15) is 9.59 Å². The standard InChI is InChI=1S/C28H16O4/c29-26-16-23(20-11-5-9-17-7-1-3-10-19(17)20)21-12-6-13-22(27(21)32-26)24-15-18-8-2-4-14-25(18)31-28(24)30/h1-16H. The Morgan fingerprint density at radius 1 is 0.500 bits per heavy atom. The maximum atomic E-state index is 12.8. The van der Waals surface area contributed by atoms with E-state index < -0.39 is 11.3 Å². The first-order valence-corrected chi connectivity index (χ1v) is 10.3. The van der Waals surface area contributed by atoms with Gasteiger partial charge in [0.2, 0.25) is 0 Å². The Kier molecular flexibility index (Phi) is 4.05. The van der Waals surface area contributed by atoms with Crippen molar-refractivity contribution in [2.45, 2.75) is 0 Å². The molecule has 4 heteroatoms. The molecule has 0 aliphatic carbocycles. The predicted octanol–water partition coefficient (Wildman–Crippen LogP) is 6.39. The van der Waals surface area contributed by atoms with Crippen molar-refractivity contribution < 1.29 is 8.83 Å². The highest BCUT2D eigenvalue weighted by atomic mass is 16.4. The monoisotopic (exact) mass is 416 g/mol. The average Bonchev–Trinajstić information content (AvgIpc) is 2.82. The van der Waals surface area contributed by atoms with Crippen LogP contribution in [0, 0.1) is 0 Å². The molecule has 6 aromatic rings. The van der Waals surface area contributed by atoms with Gasteiger partial charge >= 0.3 is 11.3 Å². The van der Waals surface area contributed by atoms with Gasteiger partial charge in [0.05, 0.1) is 5.56 Å². The molecular weight excluding hydrogens is 400 g/mol. The molecule has 2 heterocycles. The van der Waals surface area contributed by atoms with Gasteiger partial charge in [-0.15, -0.1) is 0 Å². The molecule has 32 heavy (non-hydrogen) atoms. The van der Waals surface area contributed by atoms with E-state index in [2.05, 4.69) is 0 Å². The van der Waals surface area contributed by atoms with Crippen molar-refractivity contribution in [2.75, 3.05) is 0 Å². The Labute approximate surface area is 182 Å². The van der Waals surface area contributed by atoms with Crippen LogP contribution >= 0.6 is 0 Å². The van der Waals surface area contributed by atoms with E-state index in [1.54, 1.807) is 18.2 Å². The first-order chi connectivity index (χ1) is 15.7. The molecule has 0 unspecified atom stereocenters. The molecular formula is C28H16O4. The molecule has 0 aliphatic rings. The Hall–Kier alpha value is -4.44. The van der Waals surface area contributed by atoms with Gasteiger partial charge in [-0.1, -0.05) is 78.9 Å². The third-order valence-corrected chi connectivity index (χ3v) is 5.78. The van der Waals surface area contributed by atoms with E-state index in [-0.39, 0.29) is 0 Å². The van der Waals surface area contributed by atoms with Crippen LogP contribution in [0.25, 0.3) is 55.0 Å². The fourth-order valence-electron chi connectivity index (χ4n) is 4.33. The molecule has 4 aromatic carbocycles. The van der Waals surface area contributed by atoms with E-state index in [4.69, 9.17) is 8.83 Å². The minimum Gasteiger partial charge on any atom is -0.422 e. The normalized spacial score (nSPS) is 11.4. The fourth-order valence-corrected chi connectivity index (χ4v) is 4.33. The second-order valence-electron chi connectivity index (χ2n) is 7.67. The van der Waals surface area contributed by atoms with E-state index in [0.29, 0.717) is 22.3 Å². The van der Waals surface area contributed by atoms with Gasteiger partial charge in [-0.25, -0.2) is 9.59 Å². The molecule has 0 radical (unpaired) electrons. The fraction of sp³-hybridized carbons (Fsp3) is 0. The second kappa shape index (κ2) is 7.06. The Morgan fingerprint density at radius 3 is 2.09 bits per heavy atom. The topological polar surface area (TPSA) is 60.4 Å². The molecule has 6 rings (SSSR count). The average molecular weight is 416 g/mol. The molecule has 0 saturated carbocycles. The minimum absolute atomic E-state index is 0.354. The lowest BCUT2D eigenvalue weighted by atomic mass is 9.94. The maximum absolute atomic E-state index is 12.8. The van der Waals surface area contributed by atoms with E-state index in [1.165, 1.54) is 6.07 Å². The Bertz CT molecular complexity index is 1770. The Balaban J connectivity index is 1.69. The number of para-hydroxylation sites is 2. The lowest BCUT2D eigenvalue weighted by Gasteiger charge is -2.11. The molecule has 4 nitrogen and oxygen atoms in total. The summed E-state index contributed by atoms with van der Waals surface area (Å²) in [5.41, 5.74) is 2.51. The van der Waals surface area contributed by atoms with Crippen LogP contribution in [0.3, 0.4) is 0 Å². The highest BCUT2D eigenvalue weighted by molar-refractivity contribution is 6.07. The maximum Gasteiger partial charge on any atom is 0.344 e. The lowest BCUT2D eigenvalue weighted by Crippen LogP contribution is -2.05. The van der Waals surface area contributed by atoms with Gasteiger partial charge in [-0.05, 0) is 28.5 Å². The summed E-state index contributed by atoms with van der Waals surface area (Å²) in [6.07, 6.45) is 0. The SMILES string of the molecule is O=c1cc(-c2cccc3ccccc23)c2cccc(-c3cc4ccccc4oc3=O)c2o1. The molecule has 0 atom stereocenters. The predicted molar refractivity (Wildman–Crippen MR) is 127 cm³/mol. The molecule has 152 valence electrons. The summed E-state index contributed by atoms with van der Waals surface area (Å²) in [5, 5.41) is 3.67. The van der Waals surface area contributed by atoms with Gasteiger partial charge in [-0.2, -0.15) is 0 Å². The van der Waals surface area contributed by atoms with Crippen LogP contribution in [0.4, 0.5) is 0 Å². The van der Waals surface area contributed by atoms with Crippen LogP contribution in [0.5, 0.6) is 0 Å². The van der Waals surface area contributed by atoms with Gasteiger partial charge in [-0.3, -0.25) is 0 Å². The largest absolute Gasteiger partial charge is 0.422 e. The highest BCUT2D eigenvalue weighted by Gasteiger charge is 2.17. The zero-order valence-electron chi connectivity index (χ0n) is 16.9. The molecule has 2 aromatic heterocycles. The van der Waals surface area contributed by atoms with Crippen molar-refractivity contribution >= 4 is 32.7 Å². The van der Waals surface area contributed by atoms with Gasteiger partial charge in [0.1, 0.15) is 11.2 Å². The van der Waals surface area contributed by atoms with Crippen LogP contribution in [0.1, 0.15) is 0 Å². The first kappa shape index (κ1) is 18.3. The number of hydrogen-bond donors (Lipinski definition) is 0. The summed E-state index contributed by atoms with van der Waals surface area (Å²) >= 11 is 0. The second-order valence-corrected chi connectivity index (χ2v) is 7.67. The molecule has 0 N–H and O–H groups in total. The summed E-state index contributed by atoms with van der Waals surface area (Å²) in [5.74, 6) is 0. The molecule has 0 amide bonds. The third-order valence-electron chi connectivity index (χ3n) is 5.78. The van der Waals surface area contributed by atoms with Gasteiger partial charge < -0.3 is 8.83 Å². The van der Waals surface area contributed by atoms with Crippen molar-refractivity contribution in [1.82, 2.24) is 0 Å². The van der Waals surface area contributed by atoms with Crippen molar-refractivity contribution in [1.29, 1.82) is 0 Å². The third kappa shape index (κ3) is 2.85. The number of rotatable bonds is 2. The lowest BCUT2D eigenvalue weighted by molar-refractivity contribution is 0.556. The molecule has 0 fully saturated rings. The summed E-state index contributed by atoms with van der Waals surface area (Å²) in [7, 11) is 0. The van der Waals surface area contributed by atoms with Crippen LogP contribution in [-0.2, 0) is 0 Å². The van der Waals surface area contributed by atoms with Crippen molar-refractivity contribution in [3.05, 3.63) is 118 Å². The number of fused-ring (bicyclic) bond motifs is 3. The van der Waals surface area contributed by atoms with Crippen LogP contribution in [0.15, 0.2) is 115 Å². The molecule has 0 spiro atoms. The first-order valence-electron chi connectivity index (χ1n) is 10.3. The van der Waals surface area contributed by atoms with Crippen molar-refractivity contribution in [2.24, 2.45) is 0 Å². The van der Waals surface area contributed by atoms with Gasteiger partial charge in [0, 0.05) is 28.0 Å². The molecule has 0 aliphatic heterocycles. The minimum atomic E-state index is -0.477. The van der Waals surface area contributed by atoms with E-state index >= 15 is 0 Å². The highest BCUT2D eigenvalue weighted by Crippen LogP contribution is 2.36. The molecule has 0 saturated heterocycles. The smallest absolute Gasteiger partial charge is 0.344 e. The van der Waals surface area contributed by atoms with Crippen LogP contribution < -0.4 is 11.3 Å². The van der Waals surface area contributed by atoms with Gasteiger partial charge in [0.15, 0.2) is 0 Å². The Morgan fingerprint density at radius 2 is 1.19 bits per heavy atom. The number of benzene rings is 4. The summed E-state index contributed by atoms with van der Waals surface area (Å²) in [6, 6.07) is 30.2. The van der Waals surface area contributed by atoms with Gasteiger partial charge in [0.25, 0.3) is 0 Å². The molecule has 0 bridgehead atoms. The summed E-state index contributed by atoms with van der Waals surface area (Å²) < 4.78 is 11.2. The number of hydrogen-bond acceptors (Lipinski definition) is 4. The quantitative estimate of drug-likeness (QED) is 0.307. The summed E-state index contributed by atoms with van der Waals surface area (Å²) in [4.78, 5) is 25.4. The van der Waals surface area contributed by atoms with Crippen LogP contribution in [0.2, 0.25) is 0 Å². The van der Waals surface area contributed by atoms with Crippen LogP contribution in [-0.4, -0.2) is 0 Å². The van der Waals surface area contributed by atoms with Crippen molar-refractivity contribution in [3.63, 3.8) is 0 Å². The van der Waals surface area contributed by atoms with E-state index in [0.717, 1.165) is 32.7 Å². The zero-order valence-corrected chi connectivity index (χ0v) is 16.9. The zero-order chi connectivity index (χ0) is 21.7. The van der Waals surface area contributed by atoms with Crippen molar-refractivity contribution in [3.8, 4) is 22.3 Å². The summed E-state index contributed by atoms with van der Waals surface area (Å²) in [6.45, 7) is 0.